The molecule has 4 aromatic rings. The molecule has 0 aromatic carbocycles. The smallest absolute Gasteiger partial charge is 0.311 e. The maximum Gasteiger partial charge on any atom is 0.311 e. The minimum absolute atomic E-state index is 0. The zero-order valence-corrected chi connectivity index (χ0v) is 29.8. The number of aliphatic hydroxyl groups excluding tert-OH is 1. The number of halogens is 6. The second-order valence-corrected chi connectivity index (χ2v) is 9.71. The van der Waals surface area contributed by atoms with E-state index in [1.807, 2.05) is 22.6 Å². The van der Waals surface area contributed by atoms with Gasteiger partial charge in [-0.25, -0.2) is 0 Å². The van der Waals surface area contributed by atoms with Crippen LogP contribution in [0.5, 0.6) is 0 Å². The topological polar surface area (TPSA) is 282 Å². The van der Waals surface area contributed by atoms with E-state index >= 15 is 0 Å². The molecule has 5 rings (SSSR count). The highest BCUT2D eigenvalue weighted by Crippen LogP contribution is 2.30. The van der Waals surface area contributed by atoms with Crippen LogP contribution in [-0.2, 0) is 11.2 Å². The molecule has 5 heterocycles. The van der Waals surface area contributed by atoms with Gasteiger partial charge in [-0.15, -0.1) is 0 Å². The van der Waals surface area contributed by atoms with Crippen LogP contribution in [0.15, 0.2) is 49.6 Å². The van der Waals surface area contributed by atoms with Crippen LogP contribution >= 0.6 is 80.6 Å². The molecule has 18 nitrogen and oxygen atoms in total. The van der Waals surface area contributed by atoms with Gasteiger partial charge in [0.05, 0.1) is 53.2 Å². The highest BCUT2D eigenvalue weighted by molar-refractivity contribution is 14.1. The van der Waals surface area contributed by atoms with Crippen molar-refractivity contribution < 1.29 is 26.0 Å². The van der Waals surface area contributed by atoms with Crippen LogP contribution in [0.3, 0.4) is 0 Å². The second kappa shape index (κ2) is 24.2. The predicted molar refractivity (Wildman–Crippen MR) is 198 cm³/mol. The molecule has 0 bridgehead atoms. The molecule has 49 heavy (non-hydrogen) atoms. The lowest BCUT2D eigenvalue weighted by atomic mass is 10.2. The highest BCUT2D eigenvalue weighted by Gasteiger charge is 2.20. The second-order valence-electron chi connectivity index (χ2n) is 7.71. The van der Waals surface area contributed by atoms with E-state index in [0.717, 1.165) is 37.0 Å². The summed E-state index contributed by atoms with van der Waals surface area (Å²) >= 11 is 29.6. The first-order valence-electron chi connectivity index (χ1n) is 12.5. The molecule has 1 aliphatic heterocycles. The van der Waals surface area contributed by atoms with Gasteiger partial charge in [0.15, 0.2) is 0 Å². The number of hydrogen-bond acceptors (Lipinski definition) is 14. The number of nitrogens with zero attached hydrogens (tertiary/aromatic N) is 7. The number of aromatic nitrogens is 4. The summed E-state index contributed by atoms with van der Waals surface area (Å²) in [5.41, 5.74) is 11.2. The van der Waals surface area contributed by atoms with E-state index in [1.54, 1.807) is 12.4 Å². The average molecular weight is 900 g/mol. The zero-order valence-electron chi connectivity index (χ0n) is 24.9. The van der Waals surface area contributed by atoms with Crippen molar-refractivity contribution in [2.75, 3.05) is 28.8 Å². The number of fused-ring (bicyclic) bond motifs is 1. The number of nitrogens with one attached hydrogen (secondary N) is 1. The van der Waals surface area contributed by atoms with Crippen molar-refractivity contribution in [2.45, 2.75) is 13.8 Å². The maximum atomic E-state index is 10.9. The quantitative estimate of drug-likeness (QED) is 0.0681. The number of nitro groups is 3. The Labute approximate surface area is 318 Å². The molecule has 6 N–H and O–H groups in total. The summed E-state index contributed by atoms with van der Waals surface area (Å²) in [6.07, 6.45) is 10.4. The molecule has 0 aliphatic carbocycles. The van der Waals surface area contributed by atoms with E-state index in [-0.39, 0.29) is 61.9 Å². The van der Waals surface area contributed by atoms with Crippen LogP contribution in [0.4, 0.5) is 34.1 Å². The number of amides is 1. The van der Waals surface area contributed by atoms with Gasteiger partial charge in [0.25, 0.3) is 0 Å². The first kappa shape index (κ1) is 45.0. The van der Waals surface area contributed by atoms with Gasteiger partial charge in [-0.2, -0.15) is 0 Å². The van der Waals surface area contributed by atoms with Crippen LogP contribution in [-0.4, -0.2) is 57.7 Å². The molecule has 0 unspecified atom stereocenters. The third-order valence-electron chi connectivity index (χ3n) is 4.86. The van der Waals surface area contributed by atoms with Crippen molar-refractivity contribution in [3.8, 4) is 0 Å². The number of alkyl halides is 1. The van der Waals surface area contributed by atoms with Crippen LogP contribution < -0.4 is 16.8 Å². The monoisotopic (exact) mass is 897 g/mol. The van der Waals surface area contributed by atoms with E-state index in [2.05, 4.69) is 25.3 Å². The van der Waals surface area contributed by atoms with E-state index in [0.29, 0.717) is 16.3 Å². The van der Waals surface area contributed by atoms with Crippen molar-refractivity contribution in [2.24, 2.45) is 0 Å². The number of carbonyl (C=O) groups is 1. The van der Waals surface area contributed by atoms with Gasteiger partial charge in [0.1, 0.15) is 35.0 Å². The van der Waals surface area contributed by atoms with Gasteiger partial charge in [-0.1, -0.05) is 88.0 Å². The van der Waals surface area contributed by atoms with Gasteiger partial charge in [-0.05, 0) is 4.91 Å². The standard InChI is InChI=1S/C7H5ClN2O.C5H2Cl2N2O2.2C5H4ClN3O2.CH3I.CH4O.CH4/c8-5-2-9-3-6-4(5)1-7(11)10-6;3*6-3-1-8-2-4(5(3)7)9(10)11;2*1-2;/h2-3H,1H2,(H,10,11);1-2H;2*1-2H,(H2,7,8);1H3;2H,1H3;1H4/i;;;;1D;;. The summed E-state index contributed by atoms with van der Waals surface area (Å²) in [5.74, 6) is -0.0186. The Morgan fingerprint density at radius 2 is 1.08 bits per heavy atom. The third kappa shape index (κ3) is 15.0. The Morgan fingerprint density at radius 1 is 0.735 bits per heavy atom. The molecule has 266 valence electrons. The number of anilines is 3. The van der Waals surface area contributed by atoms with E-state index < -0.39 is 14.8 Å². The zero-order chi connectivity index (χ0) is 37.8. The van der Waals surface area contributed by atoms with Gasteiger partial charge in [-0.3, -0.25) is 55.1 Å². The van der Waals surface area contributed by atoms with Gasteiger partial charge < -0.3 is 21.9 Å². The summed E-state index contributed by atoms with van der Waals surface area (Å²) < 4.78 is 6.20. The van der Waals surface area contributed by atoms with Crippen LogP contribution in [0.2, 0.25) is 25.1 Å². The first-order valence-corrected chi connectivity index (χ1v) is 15.2. The Hall–Kier alpha value is -3.99. The Kier molecular flexibility index (Phi) is 22.2. The molecular weight excluding hydrogens is 873 g/mol. The minimum Gasteiger partial charge on any atom is -0.400 e. The Bertz CT molecular complexity index is 1620. The number of hydrogen-bond donors (Lipinski definition) is 4. The molecule has 4 aromatic heterocycles. The normalized spacial score (nSPS) is 10.2. The van der Waals surface area contributed by atoms with Crippen molar-refractivity contribution in [3.05, 3.63) is 111 Å². The fourth-order valence-corrected chi connectivity index (χ4v) is 3.65. The predicted octanol–water partition coefficient (Wildman–Crippen LogP) is 7.27. The van der Waals surface area contributed by atoms with Crippen molar-refractivity contribution in [1.82, 2.24) is 19.9 Å². The molecule has 0 fully saturated rings. The van der Waals surface area contributed by atoms with Crippen molar-refractivity contribution in [3.63, 3.8) is 0 Å². The summed E-state index contributed by atoms with van der Waals surface area (Å²) in [6.45, 7) is 0. The van der Waals surface area contributed by atoms with Gasteiger partial charge in [0.2, 0.25) is 5.91 Å². The minimum atomic E-state index is -0.638. The lowest BCUT2D eigenvalue weighted by Gasteiger charge is -1.96. The fraction of sp³-hybridized carbons (Fsp3) is 0.160. The van der Waals surface area contributed by atoms with E-state index in [9.17, 15) is 35.1 Å². The molecule has 24 heteroatoms. The number of nitrogens with two attached hydrogens (primary N) is 2. The molecule has 0 atom stereocenters. The summed E-state index contributed by atoms with van der Waals surface area (Å²) in [5, 5.41) is 41.0. The molecule has 1 amide bonds. The third-order valence-corrected chi connectivity index (χ3v) is 6.57. The summed E-state index contributed by atoms with van der Waals surface area (Å²) in [7, 11) is 1.00. The molecule has 1 aliphatic rings. The lowest BCUT2D eigenvalue weighted by Crippen LogP contribution is -2.03. The fourth-order valence-electron chi connectivity index (χ4n) is 2.80. The summed E-state index contributed by atoms with van der Waals surface area (Å²) in [4.78, 5) is 54.4. The highest BCUT2D eigenvalue weighted by atomic mass is 127. The molecule has 0 saturated carbocycles. The summed E-state index contributed by atoms with van der Waals surface area (Å²) in [6, 6.07) is 0. The number of pyridine rings is 4. The van der Waals surface area contributed by atoms with Gasteiger partial charge >= 0.3 is 17.1 Å². The van der Waals surface area contributed by atoms with E-state index in [1.165, 1.54) is 18.6 Å². The first-order chi connectivity index (χ1) is 23.1. The number of carbonyl (C=O) groups excluding carboxylic acids is 1. The lowest BCUT2D eigenvalue weighted by molar-refractivity contribution is -0.385. The van der Waals surface area contributed by atoms with Crippen LogP contribution in [0.25, 0.3) is 0 Å². The number of nitrogen functional groups attached to an aromatic ring is 2. The molecule has 0 spiro atoms. The SMILES string of the molecule is C.CO.Nc1c(Cl)cncc1[N+](=O)[O-].Nc1c(Cl)cncc1[N+](=O)[O-].O=C1Cc2c(Cl)cncc2N1.O=[N+]([O-])c1cncc(Cl)c1Cl.[2H]CI. The van der Waals surface area contributed by atoms with Crippen molar-refractivity contribution >= 4 is 121 Å². The van der Waals surface area contributed by atoms with Crippen LogP contribution in [0, 0.1) is 30.3 Å². The number of aliphatic hydroxyl groups is 1. The number of rotatable bonds is 3. The van der Waals surface area contributed by atoms with Crippen molar-refractivity contribution in [1.29, 1.82) is 0 Å². The molecular formula is C25H26Cl5IN10O8. The Morgan fingerprint density at radius 3 is 1.43 bits per heavy atom. The molecule has 0 saturated heterocycles. The largest absolute Gasteiger partial charge is 0.400 e. The average Bonchev–Trinajstić information content (AvgIpc) is 3.45. The Balaban J connectivity index is 0. The van der Waals surface area contributed by atoms with Crippen LogP contribution in [0.1, 0.15) is 14.4 Å². The van der Waals surface area contributed by atoms with Gasteiger partial charge in [0, 0.05) is 38.8 Å². The molecule has 0 radical (unpaired) electrons. The van der Waals surface area contributed by atoms with E-state index in [4.69, 9.17) is 75.9 Å². The maximum absolute atomic E-state index is 10.9.